The lowest BCUT2D eigenvalue weighted by atomic mass is 10.1. The molecule has 2 heteroatoms. The largest absolute Gasteiger partial charge is 0.317 e. The lowest BCUT2D eigenvalue weighted by Crippen LogP contribution is -2.21. The molecule has 1 unspecified atom stereocenters. The fourth-order valence-corrected chi connectivity index (χ4v) is 1.90. The standard InChI is InChI=1S/C10H17NS/c1-8(11-3)4-5-10-6-9(2)12-7-10/h6-8,11H,4-5H2,1-3H3. The van der Waals surface area contributed by atoms with Gasteiger partial charge < -0.3 is 5.32 Å². The Kier molecular flexibility index (Phi) is 3.76. The van der Waals surface area contributed by atoms with Crippen molar-refractivity contribution in [3.8, 4) is 0 Å². The van der Waals surface area contributed by atoms with Crippen LogP contribution in [0.5, 0.6) is 0 Å². The number of rotatable bonds is 4. The SMILES string of the molecule is CNC(C)CCc1csc(C)c1. The summed E-state index contributed by atoms with van der Waals surface area (Å²) in [4.78, 5) is 1.42. The second kappa shape index (κ2) is 4.63. The van der Waals surface area contributed by atoms with Gasteiger partial charge in [-0.25, -0.2) is 0 Å². The minimum absolute atomic E-state index is 0.630. The van der Waals surface area contributed by atoms with E-state index in [0.717, 1.165) is 0 Å². The minimum Gasteiger partial charge on any atom is -0.317 e. The number of thiophene rings is 1. The van der Waals surface area contributed by atoms with Crippen molar-refractivity contribution in [1.82, 2.24) is 5.32 Å². The zero-order valence-electron chi connectivity index (χ0n) is 8.05. The molecule has 0 saturated heterocycles. The normalized spacial score (nSPS) is 13.2. The van der Waals surface area contributed by atoms with Crippen molar-refractivity contribution in [3.63, 3.8) is 0 Å². The molecule has 68 valence electrons. The Hall–Kier alpha value is -0.340. The monoisotopic (exact) mass is 183 g/mol. The molecule has 0 fully saturated rings. The zero-order chi connectivity index (χ0) is 8.97. The predicted octanol–water partition coefficient (Wildman–Crippen LogP) is 2.60. The number of nitrogens with one attached hydrogen (secondary N) is 1. The average molecular weight is 183 g/mol. The van der Waals surface area contributed by atoms with Crippen molar-refractivity contribution in [2.45, 2.75) is 32.7 Å². The van der Waals surface area contributed by atoms with Gasteiger partial charge in [0.1, 0.15) is 0 Å². The van der Waals surface area contributed by atoms with Crippen LogP contribution < -0.4 is 5.32 Å². The summed E-state index contributed by atoms with van der Waals surface area (Å²) < 4.78 is 0. The number of hydrogen-bond donors (Lipinski definition) is 1. The van der Waals surface area contributed by atoms with Gasteiger partial charge in [-0.05, 0) is 50.7 Å². The summed E-state index contributed by atoms with van der Waals surface area (Å²) >= 11 is 1.84. The van der Waals surface area contributed by atoms with E-state index in [1.807, 2.05) is 18.4 Å². The molecule has 0 aliphatic heterocycles. The molecular formula is C10H17NS. The molecule has 1 N–H and O–H groups in total. The summed E-state index contributed by atoms with van der Waals surface area (Å²) in [6, 6.07) is 2.91. The Morgan fingerprint density at radius 1 is 1.58 bits per heavy atom. The van der Waals surface area contributed by atoms with E-state index in [0.29, 0.717) is 6.04 Å². The van der Waals surface area contributed by atoms with Crippen LogP contribution in [-0.2, 0) is 6.42 Å². The first-order valence-corrected chi connectivity index (χ1v) is 5.31. The topological polar surface area (TPSA) is 12.0 Å². The first kappa shape index (κ1) is 9.75. The fraction of sp³-hybridized carbons (Fsp3) is 0.600. The van der Waals surface area contributed by atoms with E-state index in [2.05, 4.69) is 30.6 Å². The van der Waals surface area contributed by atoms with Crippen molar-refractivity contribution in [2.75, 3.05) is 7.05 Å². The van der Waals surface area contributed by atoms with Crippen LogP contribution in [0.25, 0.3) is 0 Å². The molecule has 0 saturated carbocycles. The van der Waals surface area contributed by atoms with Crippen LogP contribution >= 0.6 is 11.3 Å². The molecule has 1 heterocycles. The maximum atomic E-state index is 3.25. The highest BCUT2D eigenvalue weighted by molar-refractivity contribution is 7.10. The highest BCUT2D eigenvalue weighted by Crippen LogP contribution is 2.14. The van der Waals surface area contributed by atoms with Gasteiger partial charge in [-0.1, -0.05) is 0 Å². The third-order valence-corrected chi connectivity index (χ3v) is 3.05. The maximum absolute atomic E-state index is 3.25. The molecular weight excluding hydrogens is 166 g/mol. The van der Waals surface area contributed by atoms with Crippen LogP contribution in [0.1, 0.15) is 23.8 Å². The van der Waals surface area contributed by atoms with Crippen molar-refractivity contribution in [1.29, 1.82) is 0 Å². The quantitative estimate of drug-likeness (QED) is 0.756. The summed E-state index contributed by atoms with van der Waals surface area (Å²) in [6.45, 7) is 4.38. The van der Waals surface area contributed by atoms with Crippen LogP contribution in [0.2, 0.25) is 0 Å². The van der Waals surface area contributed by atoms with Crippen molar-refractivity contribution in [3.05, 3.63) is 21.9 Å². The Bertz CT molecular complexity index is 229. The Morgan fingerprint density at radius 2 is 2.33 bits per heavy atom. The van der Waals surface area contributed by atoms with Crippen LogP contribution in [0, 0.1) is 6.92 Å². The smallest absolute Gasteiger partial charge is 0.00388 e. The van der Waals surface area contributed by atoms with Gasteiger partial charge >= 0.3 is 0 Å². The third kappa shape index (κ3) is 2.95. The third-order valence-electron chi connectivity index (χ3n) is 2.14. The van der Waals surface area contributed by atoms with Crippen LogP contribution in [0.15, 0.2) is 11.4 Å². The maximum Gasteiger partial charge on any atom is 0.00388 e. The van der Waals surface area contributed by atoms with Gasteiger partial charge in [-0.3, -0.25) is 0 Å². The highest BCUT2D eigenvalue weighted by atomic mass is 32.1. The Labute approximate surface area is 78.8 Å². The van der Waals surface area contributed by atoms with Crippen molar-refractivity contribution < 1.29 is 0 Å². The van der Waals surface area contributed by atoms with Crippen molar-refractivity contribution in [2.24, 2.45) is 0 Å². The Balaban J connectivity index is 2.33. The van der Waals surface area contributed by atoms with Gasteiger partial charge in [0.05, 0.1) is 0 Å². The summed E-state index contributed by atoms with van der Waals surface area (Å²) in [7, 11) is 2.02. The van der Waals surface area contributed by atoms with Gasteiger partial charge in [0, 0.05) is 10.9 Å². The first-order valence-electron chi connectivity index (χ1n) is 4.43. The van der Waals surface area contributed by atoms with E-state index < -0.39 is 0 Å². The fourth-order valence-electron chi connectivity index (χ4n) is 1.16. The van der Waals surface area contributed by atoms with Crippen molar-refractivity contribution >= 4 is 11.3 Å². The van der Waals surface area contributed by atoms with E-state index >= 15 is 0 Å². The van der Waals surface area contributed by atoms with Gasteiger partial charge in [0.2, 0.25) is 0 Å². The van der Waals surface area contributed by atoms with Crippen LogP contribution in [0.3, 0.4) is 0 Å². The molecule has 1 aromatic rings. The van der Waals surface area contributed by atoms with E-state index in [1.165, 1.54) is 23.3 Å². The summed E-state index contributed by atoms with van der Waals surface area (Å²) in [5.41, 5.74) is 1.49. The molecule has 0 amide bonds. The minimum atomic E-state index is 0.630. The number of hydrogen-bond acceptors (Lipinski definition) is 2. The predicted molar refractivity (Wildman–Crippen MR) is 55.9 cm³/mol. The molecule has 0 spiro atoms. The van der Waals surface area contributed by atoms with E-state index in [9.17, 15) is 0 Å². The summed E-state index contributed by atoms with van der Waals surface area (Å²) in [6.07, 6.45) is 2.43. The molecule has 1 atom stereocenters. The molecule has 0 aliphatic rings. The first-order chi connectivity index (χ1) is 5.72. The molecule has 12 heavy (non-hydrogen) atoms. The van der Waals surface area contributed by atoms with Gasteiger partial charge in [0.15, 0.2) is 0 Å². The Morgan fingerprint density at radius 3 is 2.83 bits per heavy atom. The summed E-state index contributed by atoms with van der Waals surface area (Å²) in [5.74, 6) is 0. The average Bonchev–Trinajstić information content (AvgIpc) is 2.47. The van der Waals surface area contributed by atoms with Gasteiger partial charge in [-0.2, -0.15) is 0 Å². The number of aryl methyl sites for hydroxylation is 2. The molecule has 1 nitrogen and oxygen atoms in total. The second-order valence-electron chi connectivity index (χ2n) is 3.29. The van der Waals surface area contributed by atoms with Crippen LogP contribution in [-0.4, -0.2) is 13.1 Å². The van der Waals surface area contributed by atoms with Gasteiger partial charge in [0.25, 0.3) is 0 Å². The zero-order valence-corrected chi connectivity index (χ0v) is 8.87. The van der Waals surface area contributed by atoms with E-state index in [4.69, 9.17) is 0 Å². The molecule has 1 aromatic heterocycles. The second-order valence-corrected chi connectivity index (χ2v) is 4.41. The molecule has 0 bridgehead atoms. The lowest BCUT2D eigenvalue weighted by molar-refractivity contribution is 0.565. The molecule has 1 rings (SSSR count). The van der Waals surface area contributed by atoms with Gasteiger partial charge in [-0.15, -0.1) is 11.3 Å². The molecule has 0 aromatic carbocycles. The lowest BCUT2D eigenvalue weighted by Gasteiger charge is -2.07. The highest BCUT2D eigenvalue weighted by Gasteiger charge is 2.00. The van der Waals surface area contributed by atoms with E-state index in [1.54, 1.807) is 0 Å². The van der Waals surface area contributed by atoms with E-state index in [-0.39, 0.29) is 0 Å². The molecule has 0 radical (unpaired) electrons. The van der Waals surface area contributed by atoms with Crippen LogP contribution in [0.4, 0.5) is 0 Å². The molecule has 0 aliphatic carbocycles. The summed E-state index contributed by atoms with van der Waals surface area (Å²) in [5, 5.41) is 5.51.